The summed E-state index contributed by atoms with van der Waals surface area (Å²) in [5.41, 5.74) is 2.13. The van der Waals surface area contributed by atoms with Crippen LogP contribution in [-0.2, 0) is 24.9 Å². The van der Waals surface area contributed by atoms with Crippen LogP contribution in [0.25, 0.3) is 43.7 Å². The van der Waals surface area contributed by atoms with Crippen molar-refractivity contribution in [3.05, 3.63) is 90.2 Å². The van der Waals surface area contributed by atoms with Crippen LogP contribution in [0.15, 0.2) is 72.5 Å². The molecule has 50 heavy (non-hydrogen) atoms. The maximum absolute atomic E-state index is 13.5. The molecule has 4 nitrogen and oxygen atoms in total. The molecule has 1 radical (unpaired) electrons. The monoisotopic (exact) mass is 910 g/mol. The molecule has 4 aromatic carbocycles. The van der Waals surface area contributed by atoms with Crippen LogP contribution < -0.4 is 4.40 Å². The molecule has 1 heterocycles. The van der Waals surface area contributed by atoms with Crippen molar-refractivity contribution in [1.82, 2.24) is 9.97 Å². The molecule has 4 saturated carbocycles. The number of ketones is 1. The first-order chi connectivity index (χ1) is 23.1. The van der Waals surface area contributed by atoms with Gasteiger partial charge in [0.1, 0.15) is 5.76 Å². The third-order valence-electron chi connectivity index (χ3n) is 11.2. The number of halogens is 1. The van der Waals surface area contributed by atoms with Crippen LogP contribution in [0.1, 0.15) is 65.1 Å². The summed E-state index contributed by atoms with van der Waals surface area (Å²) in [6, 6.07) is 22.9. The van der Waals surface area contributed by atoms with Crippen molar-refractivity contribution in [1.29, 1.82) is 0 Å². The first-order valence-corrected chi connectivity index (χ1v) is 25.2. The number of aromatic nitrogens is 2. The summed E-state index contributed by atoms with van der Waals surface area (Å²) < 4.78 is 14.9. The van der Waals surface area contributed by atoms with Crippen molar-refractivity contribution in [2.24, 2.45) is 28.6 Å². The van der Waals surface area contributed by atoms with E-state index in [4.69, 9.17) is 9.97 Å². The zero-order chi connectivity index (χ0) is 34.9. The number of aryl methyl sites for hydroxylation is 1. The van der Waals surface area contributed by atoms with Gasteiger partial charge in [0, 0.05) is 37.0 Å². The quantitative estimate of drug-likeness (QED) is 0.0642. The number of carbonyl (C=O) groups excluding carboxylic acids is 1. The van der Waals surface area contributed by atoms with E-state index in [2.05, 4.69) is 65.8 Å². The predicted molar refractivity (Wildman–Crippen MR) is 202 cm³/mol. The Morgan fingerprint density at radius 1 is 0.920 bits per heavy atom. The van der Waals surface area contributed by atoms with Gasteiger partial charge in [0.15, 0.2) is 5.78 Å². The Labute approximate surface area is 312 Å². The fourth-order valence-electron chi connectivity index (χ4n) is 9.16. The molecule has 4 aliphatic rings. The molecule has 263 valence electrons. The van der Waals surface area contributed by atoms with Gasteiger partial charge >= 0.3 is 178 Å². The number of fused-ring (bicyclic) bond motifs is 5. The second-order valence-electron chi connectivity index (χ2n) is 17.2. The van der Waals surface area contributed by atoms with E-state index < -0.39 is 13.3 Å². The molecule has 4 aliphatic carbocycles. The maximum atomic E-state index is 13.5. The van der Waals surface area contributed by atoms with Crippen LogP contribution >= 0.6 is 0 Å². The normalized spacial score (nSPS) is 23.1. The number of hydrogen-bond acceptors (Lipinski definition) is 4. The number of nitrogens with zero attached hydrogens (tertiary/aromatic N) is 2. The smallest absolute Gasteiger partial charge is 0 e. The third kappa shape index (κ3) is 6.97. The molecule has 9 rings (SSSR count). The topological polar surface area (TPSA) is 63.1 Å². The Kier molecular flexibility index (Phi) is 10.00. The number of benzene rings is 4. The molecule has 4 bridgehead atoms. The van der Waals surface area contributed by atoms with Crippen molar-refractivity contribution in [3.63, 3.8) is 0 Å². The fraction of sp³-hybridized carbons (Fsp3) is 0.419. The maximum Gasteiger partial charge on any atom is 0 e. The molecule has 5 aromatic rings. The minimum Gasteiger partial charge on any atom is 0 e. The Morgan fingerprint density at radius 3 is 2.12 bits per heavy atom. The summed E-state index contributed by atoms with van der Waals surface area (Å²) in [6.45, 7) is 7.77. The Balaban J connectivity index is 0.000000187. The molecule has 7 heteroatoms. The van der Waals surface area contributed by atoms with Crippen LogP contribution in [0.5, 0.6) is 0 Å². The zero-order valence-electron chi connectivity index (χ0n) is 30.3. The first kappa shape index (κ1) is 36.8. The summed E-state index contributed by atoms with van der Waals surface area (Å²) in [5, 5.41) is 16.1. The molecule has 0 spiro atoms. The van der Waals surface area contributed by atoms with Gasteiger partial charge in [-0.3, -0.25) is 4.79 Å². The van der Waals surface area contributed by atoms with Gasteiger partial charge in [0.2, 0.25) is 0 Å². The number of carbonyl (C=O) groups is 1. The molecule has 0 atom stereocenters. The third-order valence-corrected chi connectivity index (χ3v) is 15.5. The SMILES string of the molecule is CC(C)(C)/C(O)=C/C(=O)C12CC3CC(CC(C3)C1)C2.Cc1nc(-c2[c-]cc(F)cc2)c2ccc3c4ccccc4c[c]([Ge]([CH3])([CH3])[CH3])c3c2n1.[Ir]. The van der Waals surface area contributed by atoms with Gasteiger partial charge in [-0.05, 0) is 56.3 Å². The second kappa shape index (κ2) is 13.6. The first-order valence-electron chi connectivity index (χ1n) is 17.9. The molecule has 0 unspecified atom stereocenters. The molecular weight excluding hydrogens is 860 g/mol. The van der Waals surface area contributed by atoms with Crippen molar-refractivity contribution < 1.29 is 34.4 Å². The van der Waals surface area contributed by atoms with E-state index in [9.17, 15) is 14.3 Å². The second-order valence-corrected chi connectivity index (χ2v) is 27.7. The number of allylic oxidation sites excluding steroid dienone is 2. The Hall–Kier alpha value is -2.93. The number of hydrogen-bond donors (Lipinski definition) is 1. The summed E-state index contributed by atoms with van der Waals surface area (Å²) in [5.74, 6) is 10.5. The van der Waals surface area contributed by atoms with Crippen LogP contribution in [0.2, 0.25) is 17.3 Å². The predicted octanol–water partition coefficient (Wildman–Crippen LogP) is 10.7. The van der Waals surface area contributed by atoms with E-state index in [1.54, 1.807) is 12.1 Å². The van der Waals surface area contributed by atoms with Crippen LogP contribution in [0.4, 0.5) is 4.39 Å². The minimum absolute atomic E-state index is 0. The molecule has 0 amide bonds. The van der Waals surface area contributed by atoms with Crippen molar-refractivity contribution >= 4 is 55.9 Å². The van der Waals surface area contributed by atoms with Crippen LogP contribution in [-0.4, -0.2) is 34.1 Å². The zero-order valence-corrected chi connectivity index (χ0v) is 34.8. The Morgan fingerprint density at radius 2 is 1.54 bits per heavy atom. The summed E-state index contributed by atoms with van der Waals surface area (Å²) in [6.07, 6.45) is 8.82. The van der Waals surface area contributed by atoms with Gasteiger partial charge in [0.05, 0.1) is 0 Å². The van der Waals surface area contributed by atoms with Crippen molar-refractivity contribution in [2.45, 2.75) is 83.5 Å². The van der Waals surface area contributed by atoms with E-state index in [0.29, 0.717) is 5.82 Å². The Bertz CT molecular complexity index is 2090. The van der Waals surface area contributed by atoms with Gasteiger partial charge in [-0.1, -0.05) is 20.8 Å². The summed E-state index contributed by atoms with van der Waals surface area (Å²) >= 11 is -2.24. The van der Waals surface area contributed by atoms with Gasteiger partial charge in [0.25, 0.3) is 0 Å². The molecule has 1 N–H and O–H groups in total. The number of aliphatic hydroxyl groups is 1. The molecule has 0 saturated heterocycles. The van der Waals surface area contributed by atoms with E-state index in [-0.39, 0.29) is 48.3 Å². The average Bonchev–Trinajstić information content (AvgIpc) is 3.03. The minimum atomic E-state index is -2.24. The van der Waals surface area contributed by atoms with Gasteiger partial charge < -0.3 is 5.11 Å². The van der Waals surface area contributed by atoms with E-state index in [1.807, 2.05) is 27.7 Å². The van der Waals surface area contributed by atoms with E-state index >= 15 is 0 Å². The largest absolute Gasteiger partial charge is 0 e. The number of aliphatic hydroxyl groups excluding tert-OH is 1. The number of rotatable bonds is 4. The van der Waals surface area contributed by atoms with Gasteiger partial charge in [-0.2, -0.15) is 0 Å². The van der Waals surface area contributed by atoms with E-state index in [1.165, 1.54) is 57.3 Å². The van der Waals surface area contributed by atoms with Crippen LogP contribution in [0, 0.1) is 47.4 Å². The van der Waals surface area contributed by atoms with E-state index in [0.717, 1.165) is 59.2 Å². The van der Waals surface area contributed by atoms with Crippen molar-refractivity contribution in [2.75, 3.05) is 0 Å². The molecule has 0 aliphatic heterocycles. The summed E-state index contributed by atoms with van der Waals surface area (Å²) in [7, 11) is 0. The van der Waals surface area contributed by atoms with Crippen LogP contribution in [0.3, 0.4) is 0 Å². The standard InChI is InChI=1S/C26H22FGeN2.C17H26O2.Ir/c1-16-29-25(17-9-11-19(27)12-10-17)22-14-13-21-20-8-6-5-7-18(20)15-23(28(2,3)4)24(21)26(22)30-16;1-16(2,3)14(18)7-15(19)17-8-11-4-12(9-17)6-13(5-11)10-17;/h5-9,11-15H,1-4H3;7,11-13,18H,4-6,8-10H2,1-3H3;/q-1;;/b;14-7-;. The van der Waals surface area contributed by atoms with Crippen molar-refractivity contribution in [3.8, 4) is 11.3 Å². The molecule has 4 fully saturated rings. The van der Waals surface area contributed by atoms with Gasteiger partial charge in [-0.15, -0.1) is 0 Å². The fourth-order valence-corrected chi connectivity index (χ4v) is 12.5. The average molecular weight is 909 g/mol. The molecule has 1 aromatic heterocycles. The molecular formula is C43H48FGeIrN2O2-. The van der Waals surface area contributed by atoms with Gasteiger partial charge in [-0.25, -0.2) is 0 Å². The summed E-state index contributed by atoms with van der Waals surface area (Å²) in [4.78, 5) is 22.3.